The van der Waals surface area contributed by atoms with E-state index in [1.807, 2.05) is 53.9 Å². The van der Waals surface area contributed by atoms with Gasteiger partial charge in [-0.3, -0.25) is 4.79 Å². The van der Waals surface area contributed by atoms with Crippen molar-refractivity contribution in [2.45, 2.75) is 26.2 Å². The average molecular weight is 309 g/mol. The van der Waals surface area contributed by atoms with Gasteiger partial charge in [0.1, 0.15) is 17.2 Å². The Bertz CT molecular complexity index is 878. The summed E-state index contributed by atoms with van der Waals surface area (Å²) in [4.78, 5) is 26.7. The molecular weight excluding hydrogens is 290 g/mol. The summed E-state index contributed by atoms with van der Waals surface area (Å²) in [5.74, 6) is 1.26. The van der Waals surface area contributed by atoms with Gasteiger partial charge in [-0.25, -0.2) is 9.97 Å². The Labute approximate surface area is 134 Å². The van der Waals surface area contributed by atoms with Gasteiger partial charge in [0.05, 0.1) is 0 Å². The zero-order chi connectivity index (χ0) is 16.0. The molecule has 0 aliphatic carbocycles. The molecule has 0 aromatic carbocycles. The third-order valence-electron chi connectivity index (χ3n) is 4.40. The number of likely N-dealkylation sites (tertiary alicyclic amines) is 1. The van der Waals surface area contributed by atoms with E-state index in [2.05, 4.69) is 15.0 Å². The predicted octanol–water partition coefficient (Wildman–Crippen LogP) is 2.30. The molecule has 6 heteroatoms. The van der Waals surface area contributed by atoms with E-state index in [0.717, 1.165) is 35.7 Å². The van der Waals surface area contributed by atoms with E-state index in [1.54, 1.807) is 0 Å². The van der Waals surface area contributed by atoms with Crippen molar-refractivity contribution in [2.75, 3.05) is 13.1 Å². The van der Waals surface area contributed by atoms with Gasteiger partial charge in [-0.2, -0.15) is 0 Å². The Morgan fingerprint density at radius 2 is 2.17 bits per heavy atom. The number of nitrogens with zero attached hydrogens (tertiary/aromatic N) is 4. The number of hydrogen-bond donors (Lipinski definition) is 1. The number of imidazole rings is 2. The van der Waals surface area contributed by atoms with Crippen LogP contribution in [0.2, 0.25) is 0 Å². The molecule has 1 fully saturated rings. The van der Waals surface area contributed by atoms with Crippen molar-refractivity contribution in [3.05, 3.63) is 53.5 Å². The monoisotopic (exact) mass is 309 g/mol. The number of H-pyrrole nitrogens is 1. The minimum Gasteiger partial charge on any atom is -0.346 e. The van der Waals surface area contributed by atoms with Crippen molar-refractivity contribution >= 4 is 11.6 Å². The molecule has 3 aromatic heterocycles. The summed E-state index contributed by atoms with van der Waals surface area (Å²) < 4.78 is 1.91. The molecule has 1 atom stereocenters. The zero-order valence-electron chi connectivity index (χ0n) is 13.3. The van der Waals surface area contributed by atoms with Crippen LogP contribution in [0.1, 0.15) is 39.9 Å². The van der Waals surface area contributed by atoms with Crippen LogP contribution in [-0.4, -0.2) is 43.2 Å². The average Bonchev–Trinajstić information content (AvgIpc) is 3.23. The van der Waals surface area contributed by atoms with Gasteiger partial charge in [0, 0.05) is 43.3 Å². The van der Waals surface area contributed by atoms with Gasteiger partial charge in [-0.1, -0.05) is 6.07 Å². The SMILES string of the molecule is Cc1ccc2nc(C(=O)N3CC[C@@H](c4ncc(C)[nH]4)C3)cn2c1. The van der Waals surface area contributed by atoms with Crippen molar-refractivity contribution < 1.29 is 4.79 Å². The van der Waals surface area contributed by atoms with Crippen LogP contribution in [0.3, 0.4) is 0 Å². The van der Waals surface area contributed by atoms with Crippen molar-refractivity contribution in [3.8, 4) is 0 Å². The molecule has 0 radical (unpaired) electrons. The fourth-order valence-corrected chi connectivity index (χ4v) is 3.18. The molecule has 6 nitrogen and oxygen atoms in total. The second kappa shape index (κ2) is 5.22. The Balaban J connectivity index is 1.54. The topological polar surface area (TPSA) is 66.3 Å². The van der Waals surface area contributed by atoms with Crippen LogP contribution in [-0.2, 0) is 0 Å². The van der Waals surface area contributed by atoms with Crippen molar-refractivity contribution in [2.24, 2.45) is 0 Å². The van der Waals surface area contributed by atoms with Crippen molar-refractivity contribution in [1.82, 2.24) is 24.3 Å². The Morgan fingerprint density at radius 3 is 2.96 bits per heavy atom. The standard InChI is InChI=1S/C17H19N5O/c1-11-3-4-15-20-14(10-22(15)8-11)17(23)21-6-5-13(9-21)16-18-7-12(2)19-16/h3-4,7-8,10,13H,5-6,9H2,1-2H3,(H,18,19)/t13-/m1/s1. The molecule has 0 saturated carbocycles. The van der Waals surface area contributed by atoms with E-state index in [1.165, 1.54) is 0 Å². The molecule has 0 bridgehead atoms. The van der Waals surface area contributed by atoms with Crippen LogP contribution in [0, 0.1) is 13.8 Å². The third kappa shape index (κ3) is 2.50. The number of carbonyl (C=O) groups is 1. The van der Waals surface area contributed by atoms with Crippen LogP contribution in [0.5, 0.6) is 0 Å². The van der Waals surface area contributed by atoms with Gasteiger partial charge < -0.3 is 14.3 Å². The maximum absolute atomic E-state index is 12.7. The maximum atomic E-state index is 12.7. The second-order valence-electron chi connectivity index (χ2n) is 6.29. The lowest BCUT2D eigenvalue weighted by atomic mass is 10.1. The summed E-state index contributed by atoms with van der Waals surface area (Å²) in [5.41, 5.74) is 3.51. The van der Waals surface area contributed by atoms with Crippen LogP contribution >= 0.6 is 0 Å². The van der Waals surface area contributed by atoms with Crippen molar-refractivity contribution in [1.29, 1.82) is 0 Å². The molecule has 0 spiro atoms. The lowest BCUT2D eigenvalue weighted by Crippen LogP contribution is -2.28. The van der Waals surface area contributed by atoms with Crippen LogP contribution < -0.4 is 0 Å². The molecule has 23 heavy (non-hydrogen) atoms. The molecule has 1 amide bonds. The Hall–Kier alpha value is -2.63. The molecule has 1 N–H and O–H groups in total. The number of aromatic nitrogens is 4. The number of rotatable bonds is 2. The first-order valence-electron chi connectivity index (χ1n) is 7.86. The van der Waals surface area contributed by atoms with Crippen molar-refractivity contribution in [3.63, 3.8) is 0 Å². The third-order valence-corrected chi connectivity index (χ3v) is 4.40. The summed E-state index contributed by atoms with van der Waals surface area (Å²) in [6, 6.07) is 3.94. The fourth-order valence-electron chi connectivity index (χ4n) is 3.18. The molecule has 1 aliphatic heterocycles. The Morgan fingerprint density at radius 1 is 1.30 bits per heavy atom. The van der Waals surface area contributed by atoms with Gasteiger partial charge in [-0.05, 0) is 31.9 Å². The number of aryl methyl sites for hydroxylation is 2. The minimum absolute atomic E-state index is 0.00266. The molecule has 4 heterocycles. The summed E-state index contributed by atoms with van der Waals surface area (Å²) in [5, 5.41) is 0. The first-order valence-corrected chi connectivity index (χ1v) is 7.86. The first kappa shape index (κ1) is 14.0. The van der Waals surface area contributed by atoms with Gasteiger partial charge in [-0.15, -0.1) is 0 Å². The number of aromatic amines is 1. The summed E-state index contributed by atoms with van der Waals surface area (Å²) in [6.07, 6.45) is 6.57. The summed E-state index contributed by atoms with van der Waals surface area (Å²) in [7, 11) is 0. The van der Waals surface area contributed by atoms with Gasteiger partial charge >= 0.3 is 0 Å². The van der Waals surface area contributed by atoms with E-state index in [4.69, 9.17) is 0 Å². The number of nitrogens with one attached hydrogen (secondary N) is 1. The maximum Gasteiger partial charge on any atom is 0.274 e. The normalized spacial score (nSPS) is 18.0. The molecule has 0 unspecified atom stereocenters. The second-order valence-corrected chi connectivity index (χ2v) is 6.29. The zero-order valence-corrected chi connectivity index (χ0v) is 13.3. The number of pyridine rings is 1. The first-order chi connectivity index (χ1) is 11.1. The van der Waals surface area contributed by atoms with E-state index in [-0.39, 0.29) is 11.8 Å². The molecule has 1 aliphatic rings. The Kier molecular flexibility index (Phi) is 3.18. The van der Waals surface area contributed by atoms with Crippen LogP contribution in [0.25, 0.3) is 5.65 Å². The lowest BCUT2D eigenvalue weighted by molar-refractivity contribution is 0.0785. The molecule has 1 saturated heterocycles. The largest absolute Gasteiger partial charge is 0.346 e. The van der Waals surface area contributed by atoms with Crippen LogP contribution in [0.4, 0.5) is 0 Å². The number of amides is 1. The quantitative estimate of drug-likeness (QED) is 0.790. The van der Waals surface area contributed by atoms with E-state index < -0.39 is 0 Å². The number of hydrogen-bond acceptors (Lipinski definition) is 3. The smallest absolute Gasteiger partial charge is 0.274 e. The highest BCUT2D eigenvalue weighted by atomic mass is 16.2. The highest BCUT2D eigenvalue weighted by molar-refractivity contribution is 5.93. The number of carbonyl (C=O) groups excluding carboxylic acids is 1. The molecule has 118 valence electrons. The minimum atomic E-state index is -0.00266. The van der Waals surface area contributed by atoms with Crippen LogP contribution in [0.15, 0.2) is 30.7 Å². The fraction of sp³-hybridized carbons (Fsp3) is 0.353. The summed E-state index contributed by atoms with van der Waals surface area (Å²) >= 11 is 0. The number of fused-ring (bicyclic) bond motifs is 1. The van der Waals surface area contributed by atoms with Gasteiger partial charge in [0.25, 0.3) is 5.91 Å². The highest BCUT2D eigenvalue weighted by Gasteiger charge is 2.30. The highest BCUT2D eigenvalue weighted by Crippen LogP contribution is 2.26. The van der Waals surface area contributed by atoms with E-state index in [9.17, 15) is 4.79 Å². The van der Waals surface area contributed by atoms with Gasteiger partial charge in [0.15, 0.2) is 0 Å². The molecule has 4 rings (SSSR count). The molecular formula is C17H19N5O. The van der Waals surface area contributed by atoms with E-state index in [0.29, 0.717) is 12.2 Å². The molecule has 3 aromatic rings. The van der Waals surface area contributed by atoms with E-state index >= 15 is 0 Å². The van der Waals surface area contributed by atoms with Gasteiger partial charge in [0.2, 0.25) is 0 Å². The summed E-state index contributed by atoms with van der Waals surface area (Å²) in [6.45, 7) is 5.46. The lowest BCUT2D eigenvalue weighted by Gasteiger charge is -2.14. The predicted molar refractivity (Wildman–Crippen MR) is 86.5 cm³/mol.